The van der Waals surface area contributed by atoms with Crippen LogP contribution in [0.1, 0.15) is 26.3 Å². The second kappa shape index (κ2) is 8.47. The van der Waals surface area contributed by atoms with Gasteiger partial charge in [0, 0.05) is 15.9 Å². The van der Waals surface area contributed by atoms with E-state index in [4.69, 9.17) is 16.0 Å². The van der Waals surface area contributed by atoms with Crippen LogP contribution in [0.2, 0.25) is 0 Å². The Morgan fingerprint density at radius 3 is 2.46 bits per heavy atom. The van der Waals surface area contributed by atoms with Crippen molar-refractivity contribution in [2.75, 3.05) is 13.2 Å². The Hall–Kier alpha value is -2.17. The van der Waals surface area contributed by atoms with Gasteiger partial charge in [0.25, 0.3) is 5.70 Å². The minimum atomic E-state index is -0.714. The summed E-state index contributed by atoms with van der Waals surface area (Å²) in [6.07, 6.45) is 1.03. The van der Waals surface area contributed by atoms with Gasteiger partial charge in [0.2, 0.25) is 0 Å². The molecule has 0 aliphatic carbocycles. The Morgan fingerprint density at radius 2 is 1.85 bits per heavy atom. The van der Waals surface area contributed by atoms with Crippen LogP contribution in [0.4, 0.5) is 0 Å². The summed E-state index contributed by atoms with van der Waals surface area (Å²) in [5.74, 6) is -1.30. The zero-order chi connectivity index (χ0) is 19.3. The lowest BCUT2D eigenvalue weighted by Gasteiger charge is -2.19. The SMILES string of the molecule is [C-]#[N+]/C(C(=O)OCCOC(=O)C=C)=C1\Sc2ccc(C(C)(C)C)cc2S1. The average molecular weight is 389 g/mol. The summed E-state index contributed by atoms with van der Waals surface area (Å²) in [5.41, 5.74) is 1.17. The van der Waals surface area contributed by atoms with Gasteiger partial charge in [-0.15, -0.1) is 0 Å². The van der Waals surface area contributed by atoms with Crippen molar-refractivity contribution in [3.05, 3.63) is 57.8 Å². The van der Waals surface area contributed by atoms with E-state index in [1.807, 2.05) is 6.07 Å². The summed E-state index contributed by atoms with van der Waals surface area (Å²) in [6, 6.07) is 6.18. The lowest BCUT2D eigenvalue weighted by atomic mass is 9.87. The third-order valence-corrected chi connectivity index (χ3v) is 5.96. The van der Waals surface area contributed by atoms with Crippen molar-refractivity contribution in [2.45, 2.75) is 36.0 Å². The molecule has 1 aromatic rings. The molecule has 2 rings (SSSR count). The Balaban J connectivity index is 2.08. The van der Waals surface area contributed by atoms with Gasteiger partial charge in [0.15, 0.2) is 0 Å². The fraction of sp³-hybridized carbons (Fsp3) is 0.316. The minimum Gasteiger partial charge on any atom is -0.467 e. The molecular weight excluding hydrogens is 370 g/mol. The maximum atomic E-state index is 12.2. The Morgan fingerprint density at radius 1 is 1.19 bits per heavy atom. The largest absolute Gasteiger partial charge is 0.467 e. The molecule has 1 aromatic carbocycles. The topological polar surface area (TPSA) is 57.0 Å². The average Bonchev–Trinajstić information content (AvgIpc) is 3.00. The van der Waals surface area contributed by atoms with E-state index in [-0.39, 0.29) is 24.3 Å². The van der Waals surface area contributed by atoms with Gasteiger partial charge in [-0.25, -0.2) is 9.64 Å². The summed E-state index contributed by atoms with van der Waals surface area (Å²) >= 11 is 2.80. The third kappa shape index (κ3) is 4.93. The fourth-order valence-electron chi connectivity index (χ4n) is 2.03. The number of esters is 2. The van der Waals surface area contributed by atoms with Crippen LogP contribution in [-0.4, -0.2) is 25.2 Å². The molecule has 0 amide bonds. The van der Waals surface area contributed by atoms with Crippen LogP contribution >= 0.6 is 23.5 Å². The van der Waals surface area contributed by atoms with E-state index >= 15 is 0 Å². The molecule has 0 aromatic heterocycles. The van der Waals surface area contributed by atoms with Crippen molar-refractivity contribution in [2.24, 2.45) is 0 Å². The highest BCUT2D eigenvalue weighted by molar-refractivity contribution is 8.24. The maximum absolute atomic E-state index is 12.2. The highest BCUT2D eigenvalue weighted by Gasteiger charge is 2.27. The molecule has 0 fully saturated rings. The molecule has 5 nitrogen and oxygen atoms in total. The number of benzene rings is 1. The monoisotopic (exact) mass is 389 g/mol. The molecule has 26 heavy (non-hydrogen) atoms. The number of hydrogen-bond acceptors (Lipinski definition) is 6. The first-order valence-electron chi connectivity index (χ1n) is 7.84. The van der Waals surface area contributed by atoms with Gasteiger partial charge in [0.05, 0.1) is 10.8 Å². The molecule has 0 spiro atoms. The minimum absolute atomic E-state index is 0.0250. The van der Waals surface area contributed by atoms with Crippen molar-refractivity contribution >= 4 is 35.5 Å². The van der Waals surface area contributed by atoms with Gasteiger partial charge in [-0.3, -0.25) is 4.79 Å². The number of nitrogens with zero attached hydrogens (tertiary/aromatic N) is 1. The van der Waals surface area contributed by atoms with E-state index < -0.39 is 11.9 Å². The number of hydrogen-bond donors (Lipinski definition) is 0. The number of fused-ring (bicyclic) bond motifs is 1. The molecule has 7 heteroatoms. The van der Waals surface area contributed by atoms with Gasteiger partial charge in [-0.1, -0.05) is 56.9 Å². The first-order chi connectivity index (χ1) is 12.3. The zero-order valence-corrected chi connectivity index (χ0v) is 16.5. The molecule has 1 aliphatic rings. The quantitative estimate of drug-likeness (QED) is 0.319. The Kier molecular flexibility index (Phi) is 6.57. The standard InChI is InChI=1S/C19H19NO4S2/c1-6-15(21)23-9-10-24-17(22)16(20-5)18-25-13-8-7-12(19(2,3)4)11-14(13)26-18/h6-8,11H,1,9-10H2,2-4H3/b18-16+. The van der Waals surface area contributed by atoms with E-state index in [0.717, 1.165) is 15.9 Å². The van der Waals surface area contributed by atoms with Gasteiger partial charge in [-0.05, 0) is 23.1 Å². The van der Waals surface area contributed by atoms with Gasteiger partial charge in [0.1, 0.15) is 13.2 Å². The predicted octanol–water partition coefficient (Wildman–Crippen LogP) is 4.54. The van der Waals surface area contributed by atoms with E-state index in [2.05, 4.69) is 44.3 Å². The molecule has 136 valence electrons. The number of thioether (sulfide) groups is 2. The van der Waals surface area contributed by atoms with Crippen LogP contribution in [0, 0.1) is 6.57 Å². The Labute approximate surface area is 161 Å². The van der Waals surface area contributed by atoms with E-state index in [9.17, 15) is 9.59 Å². The third-order valence-electron chi connectivity index (χ3n) is 3.44. The second-order valence-electron chi connectivity index (χ2n) is 6.37. The van der Waals surface area contributed by atoms with Crippen molar-refractivity contribution in [3.63, 3.8) is 0 Å². The fourth-order valence-corrected chi connectivity index (χ4v) is 4.49. The molecule has 0 radical (unpaired) electrons. The molecule has 1 aliphatic heterocycles. The number of ether oxygens (including phenoxy) is 2. The lowest BCUT2D eigenvalue weighted by molar-refractivity contribution is -0.146. The van der Waals surface area contributed by atoms with E-state index in [1.165, 1.54) is 29.1 Å². The van der Waals surface area contributed by atoms with Crippen molar-refractivity contribution in [3.8, 4) is 0 Å². The lowest BCUT2D eigenvalue weighted by Crippen LogP contribution is -2.13. The highest BCUT2D eigenvalue weighted by Crippen LogP contribution is 2.53. The molecule has 0 unspecified atom stereocenters. The molecule has 1 heterocycles. The van der Waals surface area contributed by atoms with Crippen molar-refractivity contribution in [1.29, 1.82) is 0 Å². The van der Waals surface area contributed by atoms with Crippen LogP contribution in [0.15, 0.2) is 50.6 Å². The van der Waals surface area contributed by atoms with Crippen LogP contribution < -0.4 is 0 Å². The molecular formula is C19H19NO4S2. The van der Waals surface area contributed by atoms with Crippen LogP contribution in [0.3, 0.4) is 0 Å². The zero-order valence-electron chi connectivity index (χ0n) is 14.8. The summed E-state index contributed by atoms with van der Waals surface area (Å²) in [7, 11) is 0. The van der Waals surface area contributed by atoms with Crippen molar-refractivity contribution in [1.82, 2.24) is 0 Å². The number of carbonyl (C=O) groups is 2. The summed E-state index contributed by atoms with van der Waals surface area (Å²) in [4.78, 5) is 28.5. The van der Waals surface area contributed by atoms with Crippen molar-refractivity contribution < 1.29 is 19.1 Å². The summed E-state index contributed by atoms with van der Waals surface area (Å²) in [5, 5.41) is 0. The Bertz CT molecular complexity index is 816. The number of carbonyl (C=O) groups excluding carboxylic acids is 2. The van der Waals surface area contributed by atoms with E-state index in [1.54, 1.807) is 0 Å². The molecule has 0 saturated carbocycles. The molecule has 0 atom stereocenters. The normalized spacial score (nSPS) is 14.8. The van der Waals surface area contributed by atoms with Crippen LogP contribution in [0.25, 0.3) is 4.85 Å². The maximum Gasteiger partial charge on any atom is 0.338 e. The van der Waals surface area contributed by atoms with Gasteiger partial charge >= 0.3 is 11.9 Å². The molecule has 0 N–H and O–H groups in total. The molecule has 0 bridgehead atoms. The smallest absolute Gasteiger partial charge is 0.338 e. The summed E-state index contributed by atoms with van der Waals surface area (Å²) < 4.78 is 10.4. The first-order valence-corrected chi connectivity index (χ1v) is 9.48. The number of rotatable bonds is 5. The summed E-state index contributed by atoms with van der Waals surface area (Å²) in [6.45, 7) is 16.8. The molecule has 0 saturated heterocycles. The second-order valence-corrected chi connectivity index (χ2v) is 8.73. The van der Waals surface area contributed by atoms with Gasteiger partial charge < -0.3 is 9.47 Å². The highest BCUT2D eigenvalue weighted by atomic mass is 32.2. The van der Waals surface area contributed by atoms with Crippen LogP contribution in [0.5, 0.6) is 0 Å². The van der Waals surface area contributed by atoms with Crippen LogP contribution in [-0.2, 0) is 24.5 Å². The van der Waals surface area contributed by atoms with E-state index in [0.29, 0.717) is 4.24 Å². The van der Waals surface area contributed by atoms with Gasteiger partial charge in [-0.2, -0.15) is 0 Å². The first kappa shape index (κ1) is 20.1. The predicted molar refractivity (Wildman–Crippen MR) is 103 cm³/mol.